The monoisotopic (exact) mass is 260 g/mol. The first kappa shape index (κ1) is 12.8. The van der Waals surface area contributed by atoms with Crippen molar-refractivity contribution in [1.82, 2.24) is 9.62 Å². The van der Waals surface area contributed by atoms with E-state index in [1.165, 1.54) is 6.26 Å². The molecule has 2 atom stereocenters. The standard InChI is InChI=1S/C11H20N2O3S/c1-11-7-3-4-8-13(17(2,15)16)9(11)5-6-10(14)12-11/h9H,3-8H2,1-2H3,(H,12,14)/t9-,11-/m0/s1. The number of hydrogen-bond acceptors (Lipinski definition) is 3. The summed E-state index contributed by atoms with van der Waals surface area (Å²) in [5.74, 6) is 0.0408. The van der Waals surface area contributed by atoms with Crippen LogP contribution < -0.4 is 5.32 Å². The van der Waals surface area contributed by atoms with E-state index in [2.05, 4.69) is 5.32 Å². The van der Waals surface area contributed by atoms with Crippen molar-refractivity contribution >= 4 is 15.9 Å². The lowest BCUT2D eigenvalue weighted by molar-refractivity contribution is -0.126. The fourth-order valence-corrected chi connectivity index (χ4v) is 4.32. The maximum absolute atomic E-state index is 11.8. The Morgan fingerprint density at radius 2 is 2.12 bits per heavy atom. The molecular formula is C11H20N2O3S. The van der Waals surface area contributed by atoms with Gasteiger partial charge < -0.3 is 5.32 Å². The molecule has 2 fully saturated rings. The van der Waals surface area contributed by atoms with Gasteiger partial charge in [-0.05, 0) is 32.6 Å². The minimum absolute atomic E-state index is 0.0408. The molecule has 17 heavy (non-hydrogen) atoms. The Morgan fingerprint density at radius 3 is 2.76 bits per heavy atom. The Morgan fingerprint density at radius 1 is 1.41 bits per heavy atom. The normalized spacial score (nSPS) is 35.9. The minimum atomic E-state index is -3.19. The van der Waals surface area contributed by atoms with Crippen LogP contribution in [-0.2, 0) is 14.8 Å². The fourth-order valence-electron chi connectivity index (χ4n) is 3.05. The zero-order chi connectivity index (χ0) is 12.7. The molecule has 0 aliphatic carbocycles. The van der Waals surface area contributed by atoms with E-state index in [0.29, 0.717) is 19.4 Å². The third-order valence-corrected chi connectivity index (χ3v) is 5.19. The number of carbonyl (C=O) groups excluding carboxylic acids is 1. The number of piperidine rings is 1. The summed E-state index contributed by atoms with van der Waals surface area (Å²) in [7, 11) is -3.19. The maximum atomic E-state index is 11.8. The predicted molar refractivity (Wildman–Crippen MR) is 65.0 cm³/mol. The first-order chi connectivity index (χ1) is 7.83. The van der Waals surface area contributed by atoms with Crippen molar-refractivity contribution in [2.45, 2.75) is 50.6 Å². The first-order valence-corrected chi connectivity index (χ1v) is 7.96. The van der Waals surface area contributed by atoms with E-state index in [4.69, 9.17) is 0 Å². The van der Waals surface area contributed by atoms with Crippen molar-refractivity contribution in [3.63, 3.8) is 0 Å². The molecule has 0 bridgehead atoms. The summed E-state index contributed by atoms with van der Waals surface area (Å²) >= 11 is 0. The van der Waals surface area contributed by atoms with Crippen LogP contribution in [0, 0.1) is 0 Å². The number of nitrogens with zero attached hydrogens (tertiary/aromatic N) is 1. The van der Waals surface area contributed by atoms with Crippen LogP contribution in [0.15, 0.2) is 0 Å². The van der Waals surface area contributed by atoms with E-state index in [1.54, 1.807) is 4.31 Å². The molecule has 98 valence electrons. The molecule has 2 aliphatic rings. The molecule has 2 aliphatic heterocycles. The van der Waals surface area contributed by atoms with Crippen LogP contribution in [0.5, 0.6) is 0 Å². The smallest absolute Gasteiger partial charge is 0.220 e. The Balaban J connectivity index is 2.34. The van der Waals surface area contributed by atoms with Gasteiger partial charge in [-0.3, -0.25) is 4.79 Å². The lowest BCUT2D eigenvalue weighted by Crippen LogP contribution is -2.63. The third-order valence-electron chi connectivity index (χ3n) is 3.90. The number of hydrogen-bond donors (Lipinski definition) is 1. The van der Waals surface area contributed by atoms with Crippen molar-refractivity contribution in [2.75, 3.05) is 12.8 Å². The average Bonchev–Trinajstić information content (AvgIpc) is 2.34. The number of sulfonamides is 1. The van der Waals surface area contributed by atoms with Crippen molar-refractivity contribution in [3.8, 4) is 0 Å². The summed E-state index contributed by atoms with van der Waals surface area (Å²) in [5.41, 5.74) is -0.394. The van der Waals surface area contributed by atoms with Crippen LogP contribution in [0.4, 0.5) is 0 Å². The molecule has 0 aromatic carbocycles. The SMILES string of the molecule is C[C@]12CCCCN(S(C)(=O)=O)[C@H]1CCC(=O)N2. The van der Waals surface area contributed by atoms with Gasteiger partial charge in [0, 0.05) is 19.0 Å². The highest BCUT2D eigenvalue weighted by atomic mass is 32.2. The van der Waals surface area contributed by atoms with Crippen molar-refractivity contribution < 1.29 is 13.2 Å². The summed E-state index contributed by atoms with van der Waals surface area (Å²) in [6.45, 7) is 2.55. The molecule has 5 nitrogen and oxygen atoms in total. The molecule has 0 aromatic heterocycles. The molecule has 0 aromatic rings. The predicted octanol–water partition coefficient (Wildman–Crippen LogP) is 0.469. The zero-order valence-electron chi connectivity index (χ0n) is 10.4. The summed E-state index contributed by atoms with van der Waals surface area (Å²) in [6, 6.07) is -0.0855. The molecule has 1 N–H and O–H groups in total. The lowest BCUT2D eigenvalue weighted by atomic mass is 9.82. The van der Waals surface area contributed by atoms with Gasteiger partial charge in [0.05, 0.1) is 11.8 Å². The van der Waals surface area contributed by atoms with Crippen molar-refractivity contribution in [1.29, 1.82) is 0 Å². The Hall–Kier alpha value is -0.620. The van der Waals surface area contributed by atoms with E-state index in [1.807, 2.05) is 6.92 Å². The molecule has 0 spiro atoms. The van der Waals surface area contributed by atoms with Gasteiger partial charge in [-0.2, -0.15) is 4.31 Å². The van der Waals surface area contributed by atoms with Crippen LogP contribution in [-0.4, -0.2) is 43.0 Å². The van der Waals surface area contributed by atoms with Gasteiger partial charge >= 0.3 is 0 Å². The van der Waals surface area contributed by atoms with Crippen LogP contribution in [0.25, 0.3) is 0 Å². The highest BCUT2D eigenvalue weighted by Gasteiger charge is 2.46. The average molecular weight is 260 g/mol. The highest BCUT2D eigenvalue weighted by Crippen LogP contribution is 2.33. The van der Waals surface area contributed by atoms with Crippen molar-refractivity contribution in [2.24, 2.45) is 0 Å². The van der Waals surface area contributed by atoms with E-state index >= 15 is 0 Å². The largest absolute Gasteiger partial charge is 0.349 e. The second-order valence-corrected chi connectivity index (χ2v) is 7.29. The van der Waals surface area contributed by atoms with Gasteiger partial charge in [0.1, 0.15) is 0 Å². The highest BCUT2D eigenvalue weighted by molar-refractivity contribution is 7.88. The Labute approximate surface area is 103 Å². The Kier molecular flexibility index (Phi) is 3.20. The molecule has 1 amide bonds. The topological polar surface area (TPSA) is 66.5 Å². The quantitative estimate of drug-likeness (QED) is 0.745. The molecule has 0 unspecified atom stereocenters. The zero-order valence-corrected chi connectivity index (χ0v) is 11.2. The third kappa shape index (κ3) is 2.47. The molecule has 0 saturated carbocycles. The molecule has 2 saturated heterocycles. The molecule has 2 heterocycles. The molecular weight excluding hydrogens is 240 g/mol. The van der Waals surface area contributed by atoms with Gasteiger partial charge in [-0.15, -0.1) is 0 Å². The van der Waals surface area contributed by atoms with E-state index in [-0.39, 0.29) is 11.9 Å². The van der Waals surface area contributed by atoms with E-state index in [9.17, 15) is 13.2 Å². The van der Waals surface area contributed by atoms with Gasteiger partial charge in [0.25, 0.3) is 0 Å². The van der Waals surface area contributed by atoms with Crippen LogP contribution in [0.1, 0.15) is 39.0 Å². The van der Waals surface area contributed by atoms with E-state index in [0.717, 1.165) is 19.3 Å². The van der Waals surface area contributed by atoms with Crippen molar-refractivity contribution in [3.05, 3.63) is 0 Å². The number of rotatable bonds is 1. The van der Waals surface area contributed by atoms with Gasteiger partial charge in [-0.1, -0.05) is 0 Å². The lowest BCUT2D eigenvalue weighted by Gasteiger charge is -2.44. The minimum Gasteiger partial charge on any atom is -0.349 e. The second-order valence-electron chi connectivity index (χ2n) is 5.35. The van der Waals surface area contributed by atoms with Crippen LogP contribution in [0.2, 0.25) is 0 Å². The first-order valence-electron chi connectivity index (χ1n) is 6.11. The molecule has 0 radical (unpaired) electrons. The summed E-state index contributed by atoms with van der Waals surface area (Å²) in [5, 5.41) is 2.99. The number of fused-ring (bicyclic) bond motifs is 1. The maximum Gasteiger partial charge on any atom is 0.220 e. The summed E-state index contributed by atoms with van der Waals surface area (Å²) in [4.78, 5) is 11.5. The molecule has 6 heteroatoms. The number of amides is 1. The van der Waals surface area contributed by atoms with Gasteiger partial charge in [0.2, 0.25) is 15.9 Å². The van der Waals surface area contributed by atoms with Crippen LogP contribution in [0.3, 0.4) is 0 Å². The second kappa shape index (κ2) is 4.24. The van der Waals surface area contributed by atoms with Crippen LogP contribution >= 0.6 is 0 Å². The summed E-state index contributed by atoms with van der Waals surface area (Å²) in [6.07, 6.45) is 5.00. The number of carbonyl (C=O) groups is 1. The van der Waals surface area contributed by atoms with Gasteiger partial charge in [0.15, 0.2) is 0 Å². The molecule has 2 rings (SSSR count). The van der Waals surface area contributed by atoms with Gasteiger partial charge in [-0.25, -0.2) is 8.42 Å². The number of nitrogens with one attached hydrogen (secondary N) is 1. The fraction of sp³-hybridized carbons (Fsp3) is 0.909. The summed E-state index contributed by atoms with van der Waals surface area (Å²) < 4.78 is 25.2. The van der Waals surface area contributed by atoms with E-state index < -0.39 is 15.6 Å². The Bertz CT molecular complexity index is 420.